The number of hydrogen-bond donors (Lipinski definition) is 0. The summed E-state index contributed by atoms with van der Waals surface area (Å²) >= 11 is 0. The summed E-state index contributed by atoms with van der Waals surface area (Å²) in [6.45, 7) is 0. The van der Waals surface area contributed by atoms with Gasteiger partial charge in [-0.3, -0.25) is 0 Å². The molecule has 0 N–H and O–H groups in total. The summed E-state index contributed by atoms with van der Waals surface area (Å²) in [5.74, 6) is 1.40. The second-order valence-corrected chi connectivity index (χ2v) is 3.53. The van der Waals surface area contributed by atoms with Crippen molar-refractivity contribution in [3.63, 3.8) is 0 Å². The Kier molecular flexibility index (Phi) is 2.22. The van der Waals surface area contributed by atoms with E-state index in [9.17, 15) is 0 Å². The minimum absolute atomic E-state index is 0.588. The van der Waals surface area contributed by atoms with Crippen molar-refractivity contribution in [3.05, 3.63) is 42.9 Å². The highest BCUT2D eigenvalue weighted by molar-refractivity contribution is 5.62. The van der Waals surface area contributed by atoms with Gasteiger partial charge in [-0.25, -0.2) is 4.98 Å². The molecule has 0 unspecified atom stereocenters. The van der Waals surface area contributed by atoms with E-state index in [-0.39, 0.29) is 0 Å². The normalized spacial score (nSPS) is 10.6. The van der Waals surface area contributed by atoms with Crippen LogP contribution < -0.4 is 4.74 Å². The molecule has 5 nitrogen and oxygen atoms in total. The van der Waals surface area contributed by atoms with Gasteiger partial charge >= 0.3 is 0 Å². The summed E-state index contributed by atoms with van der Waals surface area (Å²) in [4.78, 5) is 8.18. The monoisotopic (exact) mass is 226 g/mol. The third kappa shape index (κ3) is 1.61. The molecule has 5 heteroatoms. The lowest BCUT2D eigenvalue weighted by atomic mass is 10.1. The maximum absolute atomic E-state index is 5.21. The molecule has 0 radical (unpaired) electrons. The first-order valence-corrected chi connectivity index (χ1v) is 5.17. The molecule has 0 atom stereocenters. The highest BCUT2D eigenvalue weighted by Gasteiger charge is 2.06. The van der Waals surface area contributed by atoms with Crippen molar-refractivity contribution in [3.8, 4) is 17.0 Å². The number of aromatic nitrogens is 4. The fourth-order valence-electron chi connectivity index (χ4n) is 1.74. The first kappa shape index (κ1) is 9.77. The summed E-state index contributed by atoms with van der Waals surface area (Å²) in [5.41, 5.74) is 1.95. The number of rotatable bonds is 2. The molecule has 0 aliphatic heterocycles. The topological polar surface area (TPSA) is 52.3 Å². The van der Waals surface area contributed by atoms with Gasteiger partial charge in [0.2, 0.25) is 0 Å². The van der Waals surface area contributed by atoms with Gasteiger partial charge < -0.3 is 4.74 Å². The van der Waals surface area contributed by atoms with Crippen molar-refractivity contribution in [2.75, 3.05) is 7.11 Å². The van der Waals surface area contributed by atoms with Crippen molar-refractivity contribution >= 4 is 5.78 Å². The quantitative estimate of drug-likeness (QED) is 0.668. The summed E-state index contributed by atoms with van der Waals surface area (Å²) in [7, 11) is 1.65. The molecule has 0 bridgehead atoms. The zero-order valence-corrected chi connectivity index (χ0v) is 9.24. The van der Waals surface area contributed by atoms with E-state index in [2.05, 4.69) is 15.1 Å². The first-order chi connectivity index (χ1) is 8.38. The van der Waals surface area contributed by atoms with E-state index in [1.54, 1.807) is 17.8 Å². The molecule has 17 heavy (non-hydrogen) atoms. The first-order valence-electron chi connectivity index (χ1n) is 5.17. The van der Waals surface area contributed by atoms with Crippen molar-refractivity contribution in [2.45, 2.75) is 0 Å². The number of hydrogen-bond acceptors (Lipinski definition) is 4. The van der Waals surface area contributed by atoms with Gasteiger partial charge in [-0.15, -0.1) is 0 Å². The molecule has 84 valence electrons. The van der Waals surface area contributed by atoms with Crippen molar-refractivity contribution in [1.82, 2.24) is 19.6 Å². The Balaban J connectivity index is 2.23. The third-order valence-electron chi connectivity index (χ3n) is 2.55. The molecule has 0 amide bonds. The standard InChI is InChI=1S/C12H10N4O/c1-17-10-4-2-3-9(7-10)11-5-6-13-12-14-8-15-16(11)12/h2-8H,1H3. The average Bonchev–Trinajstić information content (AvgIpc) is 2.87. The molecular weight excluding hydrogens is 216 g/mol. The predicted octanol–water partition coefficient (Wildman–Crippen LogP) is 1.80. The summed E-state index contributed by atoms with van der Waals surface area (Å²) < 4.78 is 6.91. The summed E-state index contributed by atoms with van der Waals surface area (Å²) in [6.07, 6.45) is 3.21. The Bertz CT molecular complexity index is 662. The van der Waals surface area contributed by atoms with Crippen molar-refractivity contribution in [1.29, 1.82) is 0 Å². The fourth-order valence-corrected chi connectivity index (χ4v) is 1.74. The van der Waals surface area contributed by atoms with Gasteiger partial charge in [0.15, 0.2) is 0 Å². The van der Waals surface area contributed by atoms with E-state index in [4.69, 9.17) is 4.74 Å². The molecule has 2 heterocycles. The van der Waals surface area contributed by atoms with Crippen LogP contribution in [-0.4, -0.2) is 26.7 Å². The second-order valence-electron chi connectivity index (χ2n) is 3.53. The van der Waals surface area contributed by atoms with Crippen LogP contribution in [0.25, 0.3) is 17.0 Å². The van der Waals surface area contributed by atoms with Crippen molar-refractivity contribution < 1.29 is 4.74 Å². The van der Waals surface area contributed by atoms with Crippen LogP contribution in [0.5, 0.6) is 5.75 Å². The van der Waals surface area contributed by atoms with E-state index < -0.39 is 0 Å². The largest absolute Gasteiger partial charge is 0.497 e. The van der Waals surface area contributed by atoms with Crippen LogP contribution in [-0.2, 0) is 0 Å². The fraction of sp³-hybridized carbons (Fsp3) is 0.0833. The van der Waals surface area contributed by atoms with Crippen LogP contribution >= 0.6 is 0 Å². The van der Waals surface area contributed by atoms with Crippen LogP contribution in [0.2, 0.25) is 0 Å². The molecular formula is C12H10N4O. The lowest BCUT2D eigenvalue weighted by Gasteiger charge is -2.05. The van der Waals surface area contributed by atoms with Crippen LogP contribution in [0.1, 0.15) is 0 Å². The summed E-state index contributed by atoms with van der Waals surface area (Å²) in [6, 6.07) is 9.70. The molecule has 3 aromatic rings. The zero-order chi connectivity index (χ0) is 11.7. The van der Waals surface area contributed by atoms with Crippen LogP contribution in [0.3, 0.4) is 0 Å². The number of ether oxygens (including phenoxy) is 1. The Morgan fingerprint density at radius 1 is 1.18 bits per heavy atom. The Morgan fingerprint density at radius 2 is 2.12 bits per heavy atom. The molecule has 0 aliphatic carbocycles. The van der Waals surface area contributed by atoms with E-state index in [0.29, 0.717) is 5.78 Å². The number of benzene rings is 1. The molecule has 1 aromatic carbocycles. The lowest BCUT2D eigenvalue weighted by molar-refractivity contribution is 0.415. The average molecular weight is 226 g/mol. The van der Waals surface area contributed by atoms with Crippen LogP contribution in [0.15, 0.2) is 42.9 Å². The smallest absolute Gasteiger partial charge is 0.252 e. The Morgan fingerprint density at radius 3 is 3.00 bits per heavy atom. The second kappa shape index (κ2) is 3.86. The molecule has 0 saturated carbocycles. The predicted molar refractivity (Wildman–Crippen MR) is 62.8 cm³/mol. The maximum atomic E-state index is 5.21. The van der Waals surface area contributed by atoms with E-state index >= 15 is 0 Å². The van der Waals surface area contributed by atoms with Gasteiger partial charge in [0.1, 0.15) is 12.1 Å². The molecule has 0 spiro atoms. The van der Waals surface area contributed by atoms with Gasteiger partial charge in [0.25, 0.3) is 5.78 Å². The Hall–Kier alpha value is -2.43. The number of fused-ring (bicyclic) bond motifs is 1. The third-order valence-corrected chi connectivity index (χ3v) is 2.55. The highest BCUT2D eigenvalue weighted by Crippen LogP contribution is 2.22. The van der Waals surface area contributed by atoms with E-state index in [0.717, 1.165) is 17.0 Å². The highest BCUT2D eigenvalue weighted by atomic mass is 16.5. The number of methoxy groups -OCH3 is 1. The molecule has 3 rings (SSSR count). The van der Waals surface area contributed by atoms with Crippen molar-refractivity contribution in [2.24, 2.45) is 0 Å². The van der Waals surface area contributed by atoms with Gasteiger partial charge in [-0.1, -0.05) is 12.1 Å². The summed E-state index contributed by atoms with van der Waals surface area (Å²) in [5, 5.41) is 4.15. The van der Waals surface area contributed by atoms with Gasteiger partial charge in [-0.2, -0.15) is 14.6 Å². The van der Waals surface area contributed by atoms with Crippen LogP contribution in [0.4, 0.5) is 0 Å². The molecule has 2 aromatic heterocycles. The van der Waals surface area contributed by atoms with E-state index in [1.807, 2.05) is 30.3 Å². The zero-order valence-electron chi connectivity index (χ0n) is 9.24. The van der Waals surface area contributed by atoms with Gasteiger partial charge in [0, 0.05) is 11.8 Å². The van der Waals surface area contributed by atoms with Gasteiger partial charge in [-0.05, 0) is 18.2 Å². The molecule has 0 aliphatic rings. The minimum atomic E-state index is 0.588. The number of nitrogens with zero attached hydrogens (tertiary/aromatic N) is 4. The van der Waals surface area contributed by atoms with E-state index in [1.165, 1.54) is 6.33 Å². The SMILES string of the molecule is COc1cccc(-c2ccnc3ncnn23)c1. The molecule has 0 fully saturated rings. The minimum Gasteiger partial charge on any atom is -0.497 e. The Labute approximate surface area is 97.7 Å². The van der Waals surface area contributed by atoms with Gasteiger partial charge in [0.05, 0.1) is 12.8 Å². The van der Waals surface area contributed by atoms with Crippen LogP contribution in [0, 0.1) is 0 Å². The maximum Gasteiger partial charge on any atom is 0.252 e. The lowest BCUT2D eigenvalue weighted by Crippen LogP contribution is -1.95. The molecule has 0 saturated heterocycles.